The van der Waals surface area contributed by atoms with E-state index in [9.17, 15) is 0 Å². The predicted octanol–water partition coefficient (Wildman–Crippen LogP) is -0.618. The van der Waals surface area contributed by atoms with Crippen molar-refractivity contribution in [1.82, 2.24) is 25.5 Å². The molecule has 1 aromatic heterocycles. The first-order valence-corrected chi connectivity index (χ1v) is 6.39. The van der Waals surface area contributed by atoms with Crippen molar-refractivity contribution in [3.8, 4) is 0 Å². The minimum Gasteiger partial charge on any atom is -0.395 e. The third-order valence-corrected chi connectivity index (χ3v) is 3.10. The molecule has 1 heterocycles. The van der Waals surface area contributed by atoms with Crippen molar-refractivity contribution < 1.29 is 9.84 Å². The summed E-state index contributed by atoms with van der Waals surface area (Å²) in [5.41, 5.74) is 0. The Bertz CT molecular complexity index is 309. The molecule has 7 nitrogen and oxygen atoms in total. The number of aliphatic hydroxyl groups excluding tert-OH is 1. The number of nitrogens with one attached hydrogen (secondary N) is 1. The molecule has 98 valence electrons. The van der Waals surface area contributed by atoms with Gasteiger partial charge in [-0.05, 0) is 10.4 Å². The molecule has 0 spiro atoms. The van der Waals surface area contributed by atoms with Gasteiger partial charge in [-0.2, -0.15) is 0 Å². The van der Waals surface area contributed by atoms with Crippen molar-refractivity contribution in [2.45, 2.75) is 23.9 Å². The van der Waals surface area contributed by atoms with E-state index in [1.807, 2.05) is 6.92 Å². The Morgan fingerprint density at radius 1 is 1.53 bits per heavy atom. The number of methoxy groups -OCH3 is 1. The van der Waals surface area contributed by atoms with E-state index >= 15 is 0 Å². The second-order valence-electron chi connectivity index (χ2n) is 3.54. The van der Waals surface area contributed by atoms with E-state index in [0.717, 1.165) is 18.2 Å². The first-order chi connectivity index (χ1) is 8.27. The van der Waals surface area contributed by atoms with Crippen LogP contribution in [0.3, 0.4) is 0 Å². The molecule has 0 aliphatic heterocycles. The quantitative estimate of drug-likeness (QED) is 0.453. The van der Waals surface area contributed by atoms with Crippen molar-refractivity contribution in [1.29, 1.82) is 0 Å². The molecule has 0 amide bonds. The Kier molecular flexibility index (Phi) is 7.10. The van der Waals surface area contributed by atoms with Crippen molar-refractivity contribution >= 4 is 11.8 Å². The van der Waals surface area contributed by atoms with E-state index in [-0.39, 0.29) is 11.9 Å². The van der Waals surface area contributed by atoms with E-state index in [1.165, 1.54) is 11.8 Å². The number of aromatic nitrogens is 4. The van der Waals surface area contributed by atoms with Gasteiger partial charge in [0.1, 0.15) is 0 Å². The molecular formula is C9H19N5O2S. The highest BCUT2D eigenvalue weighted by Crippen LogP contribution is 2.18. The summed E-state index contributed by atoms with van der Waals surface area (Å²) >= 11 is 1.47. The number of rotatable bonds is 9. The van der Waals surface area contributed by atoms with E-state index in [2.05, 4.69) is 20.8 Å². The van der Waals surface area contributed by atoms with Gasteiger partial charge >= 0.3 is 0 Å². The number of tetrazole rings is 1. The maximum Gasteiger partial charge on any atom is 0.209 e. The summed E-state index contributed by atoms with van der Waals surface area (Å²) in [4.78, 5) is 0. The van der Waals surface area contributed by atoms with Crippen LogP contribution in [0.5, 0.6) is 0 Å². The van der Waals surface area contributed by atoms with Crippen LogP contribution in [0.4, 0.5) is 0 Å². The van der Waals surface area contributed by atoms with E-state index in [1.54, 1.807) is 11.8 Å². The van der Waals surface area contributed by atoms with E-state index < -0.39 is 0 Å². The van der Waals surface area contributed by atoms with Crippen molar-refractivity contribution in [2.75, 3.05) is 33.4 Å². The first kappa shape index (κ1) is 14.4. The summed E-state index contributed by atoms with van der Waals surface area (Å²) in [7, 11) is 1.67. The third kappa shape index (κ3) is 5.44. The molecule has 0 radical (unpaired) electrons. The molecule has 0 aliphatic carbocycles. The van der Waals surface area contributed by atoms with Crippen molar-refractivity contribution in [2.24, 2.45) is 0 Å². The van der Waals surface area contributed by atoms with Gasteiger partial charge in [0.15, 0.2) is 0 Å². The summed E-state index contributed by atoms with van der Waals surface area (Å²) in [5, 5.41) is 24.5. The zero-order valence-electron chi connectivity index (χ0n) is 10.2. The number of hydrogen-bond donors (Lipinski definition) is 2. The summed E-state index contributed by atoms with van der Waals surface area (Å²) in [5.74, 6) is 0. The second-order valence-corrected chi connectivity index (χ2v) is 4.94. The monoisotopic (exact) mass is 261 g/mol. The molecule has 0 aromatic carbocycles. The molecule has 1 aromatic rings. The molecule has 8 heteroatoms. The highest BCUT2D eigenvalue weighted by atomic mass is 32.2. The van der Waals surface area contributed by atoms with Crippen LogP contribution in [-0.4, -0.2) is 64.0 Å². The van der Waals surface area contributed by atoms with Gasteiger partial charge in [0.25, 0.3) is 0 Å². The van der Waals surface area contributed by atoms with Gasteiger partial charge in [-0.3, -0.25) is 0 Å². The van der Waals surface area contributed by atoms with Crippen LogP contribution in [-0.2, 0) is 11.3 Å². The highest BCUT2D eigenvalue weighted by molar-refractivity contribution is 7.99. The largest absolute Gasteiger partial charge is 0.395 e. The van der Waals surface area contributed by atoms with Gasteiger partial charge in [0.2, 0.25) is 5.16 Å². The van der Waals surface area contributed by atoms with E-state index in [0.29, 0.717) is 13.2 Å². The smallest absolute Gasteiger partial charge is 0.209 e. The number of hydrogen-bond acceptors (Lipinski definition) is 7. The molecule has 17 heavy (non-hydrogen) atoms. The zero-order valence-corrected chi connectivity index (χ0v) is 11.0. The molecule has 1 rings (SSSR count). The molecule has 0 bridgehead atoms. The topological polar surface area (TPSA) is 85.1 Å². The fraction of sp³-hybridized carbons (Fsp3) is 0.889. The van der Waals surface area contributed by atoms with Crippen LogP contribution in [0.1, 0.15) is 6.92 Å². The fourth-order valence-electron chi connectivity index (χ4n) is 1.12. The van der Waals surface area contributed by atoms with Crippen molar-refractivity contribution in [3.05, 3.63) is 0 Å². The standard InChI is InChI=1S/C9H19N5O2S/c1-8(7-15)17-9-11-12-13-14(9)5-3-10-4-6-16-2/h8,10,15H,3-7H2,1-2H3. The minimum atomic E-state index is 0.0983. The van der Waals surface area contributed by atoms with Gasteiger partial charge in [-0.15, -0.1) is 5.10 Å². The predicted molar refractivity (Wildman–Crippen MR) is 65.0 cm³/mol. The lowest BCUT2D eigenvalue weighted by Gasteiger charge is -2.08. The summed E-state index contributed by atoms with van der Waals surface area (Å²) < 4.78 is 6.66. The average Bonchev–Trinajstić information content (AvgIpc) is 2.76. The van der Waals surface area contributed by atoms with Crippen LogP contribution in [0.15, 0.2) is 5.16 Å². The summed E-state index contributed by atoms with van der Waals surface area (Å²) in [6.45, 7) is 5.05. The number of nitrogens with zero attached hydrogens (tertiary/aromatic N) is 4. The first-order valence-electron chi connectivity index (χ1n) is 5.51. The lowest BCUT2D eigenvalue weighted by Crippen LogP contribution is -2.24. The highest BCUT2D eigenvalue weighted by Gasteiger charge is 2.10. The van der Waals surface area contributed by atoms with E-state index in [4.69, 9.17) is 9.84 Å². The van der Waals surface area contributed by atoms with Crippen LogP contribution >= 0.6 is 11.8 Å². The Labute approximate surface area is 105 Å². The number of ether oxygens (including phenoxy) is 1. The lowest BCUT2D eigenvalue weighted by atomic mass is 10.5. The Morgan fingerprint density at radius 3 is 3.06 bits per heavy atom. The Morgan fingerprint density at radius 2 is 2.35 bits per heavy atom. The van der Waals surface area contributed by atoms with Gasteiger partial charge in [0, 0.05) is 25.4 Å². The van der Waals surface area contributed by atoms with Gasteiger partial charge < -0.3 is 15.2 Å². The summed E-state index contributed by atoms with van der Waals surface area (Å²) in [6, 6.07) is 0. The van der Waals surface area contributed by atoms with Crippen LogP contribution < -0.4 is 5.32 Å². The Balaban J connectivity index is 2.30. The van der Waals surface area contributed by atoms with Gasteiger partial charge in [-0.25, -0.2) is 4.68 Å². The number of thioether (sulfide) groups is 1. The number of aliphatic hydroxyl groups is 1. The molecule has 0 saturated carbocycles. The zero-order chi connectivity index (χ0) is 12.5. The Hall–Kier alpha value is -0.700. The molecule has 0 saturated heterocycles. The van der Waals surface area contributed by atoms with Gasteiger partial charge in [0.05, 0.1) is 19.8 Å². The SMILES string of the molecule is COCCNCCn1nnnc1SC(C)CO. The lowest BCUT2D eigenvalue weighted by molar-refractivity contribution is 0.199. The third-order valence-electron chi connectivity index (χ3n) is 2.05. The van der Waals surface area contributed by atoms with Gasteiger partial charge in [-0.1, -0.05) is 18.7 Å². The van der Waals surface area contributed by atoms with Crippen LogP contribution in [0.25, 0.3) is 0 Å². The van der Waals surface area contributed by atoms with Crippen molar-refractivity contribution in [3.63, 3.8) is 0 Å². The molecule has 1 atom stereocenters. The normalized spacial score (nSPS) is 12.9. The maximum atomic E-state index is 8.97. The molecule has 0 aliphatic rings. The molecule has 0 fully saturated rings. The maximum absolute atomic E-state index is 8.97. The molecule has 1 unspecified atom stereocenters. The van der Waals surface area contributed by atoms with Crippen LogP contribution in [0.2, 0.25) is 0 Å². The second kappa shape index (κ2) is 8.40. The molecule has 2 N–H and O–H groups in total. The molecular weight excluding hydrogens is 242 g/mol. The minimum absolute atomic E-state index is 0.0983. The average molecular weight is 261 g/mol. The fourth-order valence-corrected chi connectivity index (χ4v) is 1.89. The summed E-state index contributed by atoms with van der Waals surface area (Å²) in [6.07, 6.45) is 0. The van der Waals surface area contributed by atoms with Crippen LogP contribution in [0, 0.1) is 0 Å².